The van der Waals surface area contributed by atoms with E-state index in [1.165, 1.54) is 15.3 Å². The highest BCUT2D eigenvalue weighted by Gasteiger charge is 2.29. The fourth-order valence-electron chi connectivity index (χ4n) is 3.32. The summed E-state index contributed by atoms with van der Waals surface area (Å²) in [6, 6.07) is 10.1. The number of amides is 1. The molecule has 1 aromatic carbocycles. The van der Waals surface area contributed by atoms with Gasteiger partial charge in [-0.05, 0) is 49.6 Å². The Kier molecular flexibility index (Phi) is 6.52. The van der Waals surface area contributed by atoms with Crippen LogP contribution in [0.1, 0.15) is 30.3 Å². The van der Waals surface area contributed by atoms with Crippen LogP contribution in [0.4, 0.5) is 0 Å². The van der Waals surface area contributed by atoms with Gasteiger partial charge in [0, 0.05) is 16.9 Å². The molecule has 1 aliphatic rings. The van der Waals surface area contributed by atoms with Crippen molar-refractivity contribution in [3.8, 4) is 11.5 Å². The van der Waals surface area contributed by atoms with Gasteiger partial charge in [-0.1, -0.05) is 0 Å². The van der Waals surface area contributed by atoms with E-state index in [1.807, 2.05) is 42.5 Å². The third-order valence-electron chi connectivity index (χ3n) is 4.75. The Morgan fingerprint density at radius 2 is 1.96 bits per heavy atom. The van der Waals surface area contributed by atoms with Crippen LogP contribution in [0.5, 0.6) is 11.5 Å². The highest BCUT2D eigenvalue weighted by Crippen LogP contribution is 2.24. The van der Waals surface area contributed by atoms with Gasteiger partial charge in [0.1, 0.15) is 24.1 Å². The Morgan fingerprint density at radius 3 is 2.69 bits per heavy atom. The lowest BCUT2D eigenvalue weighted by Gasteiger charge is -2.29. The zero-order valence-electron chi connectivity index (χ0n) is 15.4. The number of rotatable bonds is 8. The van der Waals surface area contributed by atoms with E-state index >= 15 is 0 Å². The molecule has 0 spiro atoms. The van der Waals surface area contributed by atoms with E-state index in [0.29, 0.717) is 32.3 Å². The van der Waals surface area contributed by atoms with E-state index in [4.69, 9.17) is 9.47 Å². The Labute approximate surface area is 158 Å². The predicted molar refractivity (Wildman–Crippen MR) is 103 cm³/mol. The van der Waals surface area contributed by atoms with Gasteiger partial charge in [-0.15, -0.1) is 11.3 Å². The number of benzene rings is 1. The zero-order valence-corrected chi connectivity index (χ0v) is 16.2. The molecule has 26 heavy (non-hydrogen) atoms. The van der Waals surface area contributed by atoms with Gasteiger partial charge in [-0.25, -0.2) is 0 Å². The van der Waals surface area contributed by atoms with Crippen LogP contribution >= 0.6 is 11.3 Å². The predicted octanol–water partition coefficient (Wildman–Crippen LogP) is 1.84. The molecule has 2 aromatic rings. The largest absolute Gasteiger partial charge is 0.494 e. The number of hydrogen-bond donors (Lipinski definition) is 2. The van der Waals surface area contributed by atoms with E-state index in [-0.39, 0.29) is 5.91 Å². The topological polar surface area (TPSA) is 52.0 Å². The highest BCUT2D eigenvalue weighted by molar-refractivity contribution is 7.10. The van der Waals surface area contributed by atoms with E-state index in [0.717, 1.165) is 24.5 Å². The maximum absolute atomic E-state index is 12.2. The Morgan fingerprint density at radius 1 is 1.23 bits per heavy atom. The summed E-state index contributed by atoms with van der Waals surface area (Å²) in [5.74, 6) is 1.70. The van der Waals surface area contributed by atoms with Gasteiger partial charge in [0.15, 0.2) is 6.54 Å². The van der Waals surface area contributed by atoms with Crippen molar-refractivity contribution in [2.75, 3.05) is 32.8 Å². The third-order valence-corrected chi connectivity index (χ3v) is 5.74. The number of ether oxygens (including phenoxy) is 2. The first-order valence-electron chi connectivity index (χ1n) is 9.20. The van der Waals surface area contributed by atoms with Crippen LogP contribution < -0.4 is 19.7 Å². The second-order valence-corrected chi connectivity index (χ2v) is 7.46. The molecule has 0 bridgehead atoms. The Bertz CT molecular complexity index is 714. The summed E-state index contributed by atoms with van der Waals surface area (Å²) in [4.78, 5) is 15.0. The van der Waals surface area contributed by atoms with Crippen LogP contribution in [0, 0.1) is 0 Å². The van der Waals surface area contributed by atoms with E-state index in [1.54, 1.807) is 0 Å². The third kappa shape index (κ3) is 4.77. The molecule has 5 nitrogen and oxygen atoms in total. The fourth-order valence-corrected chi connectivity index (χ4v) is 4.30. The summed E-state index contributed by atoms with van der Waals surface area (Å²) in [5, 5.41) is 5.12. The van der Waals surface area contributed by atoms with Crippen molar-refractivity contribution in [1.29, 1.82) is 0 Å². The molecular formula is C20H27N2O3S+. The standard InChI is InChI=1S/C20H26N2O3S/c1-3-24-16-4-6-17(7-5-16)25-12-10-21-20(23)14-22-11-8-19-18(15(22)2)9-13-26-19/h4-7,9,13,15H,3,8,10-12,14H2,1-2H3,(H,21,23)/p+1/t15-/m1/s1. The molecule has 1 amide bonds. The average molecular weight is 376 g/mol. The molecule has 2 heterocycles. The average Bonchev–Trinajstić information content (AvgIpc) is 3.12. The van der Waals surface area contributed by atoms with Gasteiger partial charge in [-0.3, -0.25) is 4.79 Å². The SMILES string of the molecule is CCOc1ccc(OCCNC(=O)C[NH+]2CCc3sccc3[C@H]2C)cc1. The van der Waals surface area contributed by atoms with Crippen molar-refractivity contribution in [1.82, 2.24) is 5.32 Å². The molecule has 0 saturated heterocycles. The molecule has 6 heteroatoms. The molecular weight excluding hydrogens is 348 g/mol. The number of carbonyl (C=O) groups is 1. The van der Waals surface area contributed by atoms with Crippen LogP contribution in [-0.4, -0.2) is 38.8 Å². The molecule has 1 aliphatic heterocycles. The Balaban J connectivity index is 1.37. The van der Waals surface area contributed by atoms with E-state index in [2.05, 4.69) is 23.7 Å². The molecule has 140 valence electrons. The smallest absolute Gasteiger partial charge is 0.275 e. The molecule has 0 saturated carbocycles. The zero-order chi connectivity index (χ0) is 18.4. The lowest BCUT2D eigenvalue weighted by molar-refractivity contribution is -0.924. The van der Waals surface area contributed by atoms with Crippen molar-refractivity contribution >= 4 is 17.2 Å². The van der Waals surface area contributed by atoms with Crippen LogP contribution in [0.15, 0.2) is 35.7 Å². The Hall–Kier alpha value is -2.05. The molecule has 0 aliphatic carbocycles. The van der Waals surface area contributed by atoms with Crippen molar-refractivity contribution in [2.45, 2.75) is 26.3 Å². The van der Waals surface area contributed by atoms with Crippen molar-refractivity contribution in [2.24, 2.45) is 0 Å². The van der Waals surface area contributed by atoms with Crippen LogP contribution in [0.2, 0.25) is 0 Å². The van der Waals surface area contributed by atoms with Crippen LogP contribution in [-0.2, 0) is 11.2 Å². The summed E-state index contributed by atoms with van der Waals surface area (Å²) < 4.78 is 11.1. The minimum Gasteiger partial charge on any atom is -0.494 e. The molecule has 1 unspecified atom stereocenters. The first-order chi connectivity index (χ1) is 12.7. The van der Waals surface area contributed by atoms with Gasteiger partial charge in [0.25, 0.3) is 5.91 Å². The minimum absolute atomic E-state index is 0.0841. The molecule has 0 fully saturated rings. The summed E-state index contributed by atoms with van der Waals surface area (Å²) >= 11 is 1.83. The number of hydrogen-bond acceptors (Lipinski definition) is 4. The van der Waals surface area contributed by atoms with Crippen LogP contribution in [0.3, 0.4) is 0 Å². The molecule has 1 aromatic heterocycles. The van der Waals surface area contributed by atoms with E-state index in [9.17, 15) is 4.79 Å². The van der Waals surface area contributed by atoms with Crippen molar-refractivity contribution in [3.63, 3.8) is 0 Å². The van der Waals surface area contributed by atoms with Gasteiger partial charge >= 0.3 is 0 Å². The first kappa shape index (κ1) is 18.7. The quantitative estimate of drug-likeness (QED) is 0.693. The molecule has 2 atom stereocenters. The number of fused-ring (bicyclic) bond motifs is 1. The summed E-state index contributed by atoms with van der Waals surface area (Å²) in [7, 11) is 0. The lowest BCUT2D eigenvalue weighted by atomic mass is 10.0. The summed E-state index contributed by atoms with van der Waals surface area (Å²) in [6.45, 7) is 7.32. The fraction of sp³-hybridized carbons (Fsp3) is 0.450. The number of carbonyl (C=O) groups excluding carboxylic acids is 1. The van der Waals surface area contributed by atoms with Gasteiger partial charge in [0.05, 0.1) is 19.7 Å². The normalized spacial score (nSPS) is 18.8. The maximum Gasteiger partial charge on any atom is 0.275 e. The molecule has 2 N–H and O–H groups in total. The number of nitrogens with one attached hydrogen (secondary N) is 2. The number of quaternary nitrogens is 1. The second-order valence-electron chi connectivity index (χ2n) is 6.46. The molecule has 0 radical (unpaired) electrons. The first-order valence-corrected chi connectivity index (χ1v) is 10.1. The van der Waals surface area contributed by atoms with Crippen LogP contribution in [0.25, 0.3) is 0 Å². The van der Waals surface area contributed by atoms with Gasteiger partial charge in [0.2, 0.25) is 0 Å². The maximum atomic E-state index is 12.2. The van der Waals surface area contributed by atoms with Gasteiger partial charge < -0.3 is 19.7 Å². The van der Waals surface area contributed by atoms with Gasteiger partial charge in [-0.2, -0.15) is 0 Å². The summed E-state index contributed by atoms with van der Waals surface area (Å²) in [5.41, 5.74) is 1.41. The number of thiophene rings is 1. The van der Waals surface area contributed by atoms with E-state index < -0.39 is 0 Å². The second kappa shape index (κ2) is 9.05. The summed E-state index contributed by atoms with van der Waals surface area (Å²) in [6.07, 6.45) is 1.07. The lowest BCUT2D eigenvalue weighted by Crippen LogP contribution is -3.14. The van der Waals surface area contributed by atoms with Crippen molar-refractivity contribution < 1.29 is 19.2 Å². The highest BCUT2D eigenvalue weighted by atomic mass is 32.1. The van der Waals surface area contributed by atoms with Crippen molar-refractivity contribution in [3.05, 3.63) is 46.2 Å². The minimum atomic E-state index is 0.0841. The molecule has 3 rings (SSSR count). The monoisotopic (exact) mass is 375 g/mol.